The fraction of sp³-hybridized carbons (Fsp3) is 0.0952. The molecule has 0 radical (unpaired) electrons. The van der Waals surface area contributed by atoms with E-state index in [0.29, 0.717) is 0 Å². The Morgan fingerprint density at radius 3 is 2.30 bits per heavy atom. The Hall–Kier alpha value is -4.89. The van der Waals surface area contributed by atoms with Crippen molar-refractivity contribution in [2.24, 2.45) is 0 Å². The lowest BCUT2D eigenvalue weighted by molar-refractivity contribution is -0.991. The first-order valence-corrected chi connectivity index (χ1v) is 10.0. The average molecular weight is 512 g/mol. The summed E-state index contributed by atoms with van der Waals surface area (Å²) in [5.74, 6) is -8.64. The topological polar surface area (TPSA) is 255 Å². The molecule has 1 amide bonds. The summed E-state index contributed by atoms with van der Waals surface area (Å²) >= 11 is 0. The number of aromatic nitrogens is 2. The second-order valence-electron chi connectivity index (χ2n) is 7.27. The summed E-state index contributed by atoms with van der Waals surface area (Å²) in [7, 11) is 0.830. The number of hydrogen-bond donors (Lipinski definition) is 6. The van der Waals surface area contributed by atoms with Gasteiger partial charge in [-0.3, -0.25) is 19.2 Å². The SMILES string of the molecule is COC(=O)C(=O)C(C(=O)C(=O)Nc1ccc([NH+]([O-])O)cc1C#N)c1nc2ccc([NH+]([O-])O)cc2[nH]c1=O. The number of carbonyl (C=O) groups excluding carboxylic acids is 4. The number of benzene rings is 2. The predicted molar refractivity (Wildman–Crippen MR) is 118 cm³/mol. The van der Waals surface area contributed by atoms with E-state index in [1.165, 1.54) is 6.07 Å². The predicted octanol–water partition coefficient (Wildman–Crippen LogP) is -2.36. The Bertz CT molecular complexity index is 1520. The van der Waals surface area contributed by atoms with Crippen LogP contribution in [-0.4, -0.2) is 50.9 Å². The first-order valence-electron chi connectivity index (χ1n) is 10.0. The van der Waals surface area contributed by atoms with Crippen LogP contribution in [0.2, 0.25) is 0 Å². The number of carbonyl (C=O) groups is 4. The van der Waals surface area contributed by atoms with E-state index in [9.17, 15) is 39.6 Å². The molecule has 16 heteroatoms. The number of Topliss-reactive ketones (excluding diaryl/α,β-unsaturated/α-hetero) is 2. The molecular formula is C21H16N6O10. The number of quaternary nitrogens is 2. The lowest BCUT2D eigenvalue weighted by Gasteiger charge is -2.15. The zero-order valence-electron chi connectivity index (χ0n) is 18.6. The molecule has 1 aromatic heterocycles. The highest BCUT2D eigenvalue weighted by Gasteiger charge is 2.40. The molecule has 16 nitrogen and oxygen atoms in total. The fourth-order valence-corrected chi connectivity index (χ4v) is 3.21. The van der Waals surface area contributed by atoms with E-state index < -0.39 is 51.1 Å². The van der Waals surface area contributed by atoms with E-state index in [2.05, 4.69) is 20.0 Å². The van der Waals surface area contributed by atoms with E-state index in [-0.39, 0.29) is 33.7 Å². The number of H-pyrrole nitrogens is 1. The number of ether oxygens (including phenoxy) is 1. The smallest absolute Gasteiger partial charge is 0.375 e. The third-order valence-corrected chi connectivity index (χ3v) is 5.01. The molecule has 0 saturated heterocycles. The summed E-state index contributed by atoms with van der Waals surface area (Å²) in [5.41, 5.74) is -3.21. The van der Waals surface area contributed by atoms with Gasteiger partial charge < -0.3 is 25.5 Å². The average Bonchev–Trinajstić information content (AvgIpc) is 2.87. The number of methoxy groups -OCH3 is 1. The van der Waals surface area contributed by atoms with Gasteiger partial charge in [-0.1, -0.05) is 0 Å². The number of rotatable bonds is 8. The molecule has 3 aromatic rings. The standard InChI is InChI=1S/C21H16N6O10/c1-37-21(32)18(29)15(16-19(30)25-14-7-11(27(35)36)3-5-13(14)23-16)17(28)20(31)24-12-4-2-10(26(33)34)6-9(12)8-22/h2-7,15,26-27,33,35H,1H3,(H,24,31)(H,25,30). The molecule has 1 heterocycles. The van der Waals surface area contributed by atoms with Gasteiger partial charge in [0.25, 0.3) is 17.2 Å². The van der Waals surface area contributed by atoms with Gasteiger partial charge in [0, 0.05) is 24.3 Å². The zero-order valence-corrected chi connectivity index (χ0v) is 18.6. The molecule has 6 N–H and O–H groups in total. The maximum atomic E-state index is 13.0. The van der Waals surface area contributed by atoms with Crippen LogP contribution in [0.25, 0.3) is 11.0 Å². The molecule has 0 aliphatic heterocycles. The van der Waals surface area contributed by atoms with E-state index in [4.69, 9.17) is 10.4 Å². The van der Waals surface area contributed by atoms with Gasteiger partial charge in [0.05, 0.1) is 29.4 Å². The Labute approximate surface area is 205 Å². The van der Waals surface area contributed by atoms with Crippen molar-refractivity contribution in [2.75, 3.05) is 12.4 Å². The highest BCUT2D eigenvalue weighted by atomic mass is 16.8. The number of aromatic amines is 1. The van der Waals surface area contributed by atoms with Gasteiger partial charge in [-0.15, -0.1) is 0 Å². The van der Waals surface area contributed by atoms with Crippen LogP contribution in [0.15, 0.2) is 41.2 Å². The van der Waals surface area contributed by atoms with Crippen molar-refractivity contribution in [1.29, 1.82) is 5.26 Å². The summed E-state index contributed by atoms with van der Waals surface area (Å²) in [6, 6.07) is 8.04. The zero-order chi connectivity index (χ0) is 27.4. The summed E-state index contributed by atoms with van der Waals surface area (Å²) in [5, 5.41) is 49.1. The number of nitriles is 1. The molecule has 0 aliphatic carbocycles. The van der Waals surface area contributed by atoms with Crippen molar-refractivity contribution in [1.82, 2.24) is 9.97 Å². The van der Waals surface area contributed by atoms with Gasteiger partial charge in [0.15, 0.2) is 11.4 Å². The minimum absolute atomic E-state index is 0.0630. The molecule has 3 unspecified atom stereocenters. The largest absolute Gasteiger partial charge is 0.595 e. The van der Waals surface area contributed by atoms with Crippen LogP contribution >= 0.6 is 0 Å². The third-order valence-electron chi connectivity index (χ3n) is 5.01. The van der Waals surface area contributed by atoms with Gasteiger partial charge in [-0.2, -0.15) is 15.7 Å². The Balaban J connectivity index is 2.06. The minimum atomic E-state index is -2.36. The van der Waals surface area contributed by atoms with Crippen LogP contribution in [0.1, 0.15) is 17.2 Å². The number of nitrogens with one attached hydrogen (secondary N) is 4. The van der Waals surface area contributed by atoms with Crippen LogP contribution in [0.4, 0.5) is 17.1 Å². The Morgan fingerprint density at radius 1 is 1.08 bits per heavy atom. The molecule has 0 saturated carbocycles. The maximum Gasteiger partial charge on any atom is 0.375 e. The Kier molecular flexibility index (Phi) is 7.79. The molecule has 37 heavy (non-hydrogen) atoms. The fourth-order valence-electron chi connectivity index (χ4n) is 3.21. The number of hydrogen-bond acceptors (Lipinski definition) is 12. The lowest BCUT2D eigenvalue weighted by atomic mass is 9.94. The molecule has 0 aliphatic rings. The van der Waals surface area contributed by atoms with Gasteiger partial charge in [-0.05, 0) is 12.1 Å². The lowest BCUT2D eigenvalue weighted by Crippen LogP contribution is -2.99. The molecule has 0 fully saturated rings. The van der Waals surface area contributed by atoms with Crippen molar-refractivity contribution in [3.8, 4) is 6.07 Å². The highest BCUT2D eigenvalue weighted by Crippen LogP contribution is 2.21. The van der Waals surface area contributed by atoms with Crippen LogP contribution in [0.3, 0.4) is 0 Å². The second-order valence-corrected chi connectivity index (χ2v) is 7.27. The molecule has 3 atom stereocenters. The number of anilines is 1. The summed E-state index contributed by atoms with van der Waals surface area (Å²) in [6.45, 7) is 0. The molecule has 3 rings (SSSR count). The summed E-state index contributed by atoms with van der Waals surface area (Å²) in [6.07, 6.45) is 0. The van der Waals surface area contributed by atoms with E-state index in [1.807, 2.05) is 0 Å². The summed E-state index contributed by atoms with van der Waals surface area (Å²) < 4.78 is 4.33. The van der Waals surface area contributed by atoms with Crippen LogP contribution in [0, 0.1) is 21.7 Å². The number of amides is 1. The van der Waals surface area contributed by atoms with Crippen LogP contribution in [-0.2, 0) is 23.9 Å². The van der Waals surface area contributed by atoms with Crippen molar-refractivity contribution in [2.45, 2.75) is 5.92 Å². The molecule has 2 aromatic carbocycles. The number of esters is 1. The quantitative estimate of drug-likeness (QED) is 0.0801. The van der Waals surface area contributed by atoms with Crippen LogP contribution < -0.4 is 21.3 Å². The van der Waals surface area contributed by atoms with Gasteiger partial charge in [-0.25, -0.2) is 20.2 Å². The molecule has 0 bridgehead atoms. The van der Waals surface area contributed by atoms with Gasteiger partial charge in [0.1, 0.15) is 17.7 Å². The third kappa shape index (κ3) is 5.52. The van der Waals surface area contributed by atoms with Crippen molar-refractivity contribution in [3.05, 3.63) is 68.4 Å². The second kappa shape index (κ2) is 10.8. The van der Waals surface area contributed by atoms with Crippen LogP contribution in [0.5, 0.6) is 0 Å². The minimum Gasteiger partial charge on any atom is -0.595 e. The van der Waals surface area contributed by atoms with E-state index in [1.54, 1.807) is 6.07 Å². The molecule has 0 spiro atoms. The van der Waals surface area contributed by atoms with Gasteiger partial charge in [0.2, 0.25) is 5.78 Å². The molecular weight excluding hydrogens is 496 g/mol. The normalized spacial score (nSPS) is 13.2. The Morgan fingerprint density at radius 2 is 1.70 bits per heavy atom. The monoisotopic (exact) mass is 512 g/mol. The number of fused-ring (bicyclic) bond motifs is 1. The highest BCUT2D eigenvalue weighted by molar-refractivity contribution is 6.52. The van der Waals surface area contributed by atoms with Crippen molar-refractivity contribution < 1.29 is 44.8 Å². The number of ketones is 2. The molecule has 190 valence electrons. The first kappa shape index (κ1) is 26.7. The van der Waals surface area contributed by atoms with Crippen molar-refractivity contribution >= 4 is 51.5 Å². The van der Waals surface area contributed by atoms with E-state index in [0.717, 1.165) is 37.4 Å². The number of nitrogens with zero attached hydrogens (tertiary/aromatic N) is 2. The first-order chi connectivity index (χ1) is 17.5. The van der Waals surface area contributed by atoms with E-state index >= 15 is 0 Å². The summed E-state index contributed by atoms with van der Waals surface area (Å²) in [4.78, 5) is 69.3. The maximum absolute atomic E-state index is 13.0. The van der Waals surface area contributed by atoms with Gasteiger partial charge >= 0.3 is 5.97 Å². The van der Waals surface area contributed by atoms with Crippen molar-refractivity contribution in [3.63, 3.8) is 0 Å².